The van der Waals surface area contributed by atoms with E-state index < -0.39 is 34.6 Å². The van der Waals surface area contributed by atoms with Crippen LogP contribution in [-0.2, 0) is 14.4 Å². The van der Waals surface area contributed by atoms with Crippen LogP contribution in [0.2, 0.25) is 0 Å². The average molecular weight is 226 g/mol. The number of fused-ring (bicyclic) bond motifs is 2. The van der Waals surface area contributed by atoms with E-state index in [2.05, 4.69) is 0 Å². The summed E-state index contributed by atoms with van der Waals surface area (Å²) in [6.07, 6.45) is 0.990. The minimum atomic E-state index is -1.47. The Balaban J connectivity index is 2.64. The first-order valence-electron chi connectivity index (χ1n) is 5.28. The SMILES string of the molecule is CC1(C(=O)O)C2CCC(C2=O)C1(C)C(=O)O. The van der Waals surface area contributed by atoms with Gasteiger partial charge < -0.3 is 10.2 Å². The predicted octanol–water partition coefficient (Wildman–Crippen LogP) is 0.777. The van der Waals surface area contributed by atoms with Gasteiger partial charge in [-0.2, -0.15) is 0 Å². The van der Waals surface area contributed by atoms with Crippen molar-refractivity contribution in [2.75, 3.05) is 0 Å². The highest BCUT2D eigenvalue weighted by molar-refractivity contribution is 6.03. The standard InChI is InChI=1S/C11H14O5/c1-10(8(13)14)5-3-4-6(7(5)12)11(10,2)9(15)16/h5-6H,3-4H2,1-2H3,(H,13,14)(H,15,16). The monoisotopic (exact) mass is 226 g/mol. The molecule has 0 amide bonds. The number of carboxylic acid groups (broad SMARTS) is 2. The van der Waals surface area contributed by atoms with Crippen LogP contribution in [0.15, 0.2) is 0 Å². The first-order valence-corrected chi connectivity index (χ1v) is 5.28. The van der Waals surface area contributed by atoms with Crippen molar-refractivity contribution in [1.29, 1.82) is 0 Å². The molecular weight excluding hydrogens is 212 g/mol. The van der Waals surface area contributed by atoms with E-state index >= 15 is 0 Å². The molecule has 2 N–H and O–H groups in total. The number of rotatable bonds is 2. The van der Waals surface area contributed by atoms with Gasteiger partial charge in [0.05, 0.1) is 10.8 Å². The molecule has 0 aromatic rings. The Hall–Kier alpha value is -1.39. The van der Waals surface area contributed by atoms with Crippen LogP contribution in [0.5, 0.6) is 0 Å². The molecule has 0 spiro atoms. The number of hydrogen-bond acceptors (Lipinski definition) is 3. The summed E-state index contributed by atoms with van der Waals surface area (Å²) in [5, 5.41) is 18.6. The Bertz CT molecular complexity index is 365. The normalized spacial score (nSPS) is 46.0. The quantitative estimate of drug-likeness (QED) is 0.725. The second kappa shape index (κ2) is 2.84. The lowest BCUT2D eigenvalue weighted by atomic mass is 9.57. The van der Waals surface area contributed by atoms with Crippen molar-refractivity contribution >= 4 is 17.7 Å². The van der Waals surface area contributed by atoms with Crippen molar-refractivity contribution in [2.45, 2.75) is 26.7 Å². The fourth-order valence-electron chi connectivity index (χ4n) is 3.47. The Morgan fingerprint density at radius 2 is 1.38 bits per heavy atom. The molecule has 4 atom stereocenters. The summed E-state index contributed by atoms with van der Waals surface area (Å²) in [6.45, 7) is 2.79. The Morgan fingerprint density at radius 3 is 1.62 bits per heavy atom. The van der Waals surface area contributed by atoms with Crippen molar-refractivity contribution in [1.82, 2.24) is 0 Å². The second-order valence-electron chi connectivity index (χ2n) is 5.10. The van der Waals surface area contributed by atoms with Crippen molar-refractivity contribution in [2.24, 2.45) is 22.7 Å². The number of carboxylic acids is 2. The van der Waals surface area contributed by atoms with E-state index in [1.54, 1.807) is 0 Å². The molecule has 0 heterocycles. The zero-order chi connectivity index (χ0) is 12.3. The highest BCUT2D eigenvalue weighted by Gasteiger charge is 2.74. The molecule has 4 unspecified atom stereocenters. The van der Waals surface area contributed by atoms with Crippen LogP contribution < -0.4 is 0 Å². The third kappa shape index (κ3) is 0.854. The molecule has 2 fully saturated rings. The topological polar surface area (TPSA) is 91.7 Å². The maximum absolute atomic E-state index is 11.9. The Kier molecular flexibility index (Phi) is 1.97. The molecule has 0 aromatic heterocycles. The van der Waals surface area contributed by atoms with Gasteiger partial charge in [0.15, 0.2) is 0 Å². The first-order chi connectivity index (χ1) is 7.27. The molecule has 16 heavy (non-hydrogen) atoms. The lowest BCUT2D eigenvalue weighted by Gasteiger charge is -2.41. The minimum absolute atomic E-state index is 0.185. The van der Waals surface area contributed by atoms with Crippen LogP contribution >= 0.6 is 0 Å². The van der Waals surface area contributed by atoms with E-state index in [1.807, 2.05) is 0 Å². The molecule has 5 nitrogen and oxygen atoms in total. The number of Topliss-reactive ketones (excluding diaryl/α,β-unsaturated/α-hetero) is 1. The molecule has 5 heteroatoms. The van der Waals surface area contributed by atoms with Crippen molar-refractivity contribution in [3.05, 3.63) is 0 Å². The van der Waals surface area contributed by atoms with Gasteiger partial charge >= 0.3 is 11.9 Å². The zero-order valence-electron chi connectivity index (χ0n) is 9.19. The maximum Gasteiger partial charge on any atom is 0.311 e. The van der Waals surface area contributed by atoms with Gasteiger partial charge in [0.2, 0.25) is 0 Å². The third-order valence-electron chi connectivity index (χ3n) is 4.79. The van der Waals surface area contributed by atoms with E-state index in [0.717, 1.165) is 0 Å². The molecule has 0 aliphatic heterocycles. The summed E-state index contributed by atoms with van der Waals surface area (Å²) in [5.41, 5.74) is -2.95. The number of carbonyl (C=O) groups is 3. The molecule has 2 aliphatic rings. The summed E-state index contributed by atoms with van der Waals surface area (Å²) in [6, 6.07) is 0. The lowest BCUT2D eigenvalue weighted by Crippen LogP contribution is -2.52. The van der Waals surface area contributed by atoms with Crippen LogP contribution in [-0.4, -0.2) is 27.9 Å². The lowest BCUT2D eigenvalue weighted by molar-refractivity contribution is -0.177. The van der Waals surface area contributed by atoms with Gasteiger partial charge in [-0.05, 0) is 26.7 Å². The molecule has 2 saturated carbocycles. The fourth-order valence-corrected chi connectivity index (χ4v) is 3.47. The summed E-state index contributed by atoms with van der Waals surface area (Å²) < 4.78 is 0. The maximum atomic E-state index is 11.9. The van der Waals surface area contributed by atoms with E-state index in [9.17, 15) is 24.6 Å². The van der Waals surface area contributed by atoms with Gasteiger partial charge in [-0.1, -0.05) is 0 Å². The van der Waals surface area contributed by atoms with Crippen LogP contribution in [0.3, 0.4) is 0 Å². The number of carbonyl (C=O) groups excluding carboxylic acids is 1. The van der Waals surface area contributed by atoms with Gasteiger partial charge in [0.25, 0.3) is 0 Å². The van der Waals surface area contributed by atoms with E-state index in [-0.39, 0.29) is 5.78 Å². The van der Waals surface area contributed by atoms with E-state index in [0.29, 0.717) is 12.8 Å². The predicted molar refractivity (Wildman–Crippen MR) is 52.7 cm³/mol. The molecule has 0 aromatic carbocycles. The largest absolute Gasteiger partial charge is 0.481 e. The number of aliphatic carboxylic acids is 2. The molecule has 2 rings (SSSR count). The summed E-state index contributed by atoms with van der Waals surface area (Å²) in [4.78, 5) is 34.6. The summed E-state index contributed by atoms with van der Waals surface area (Å²) in [7, 11) is 0. The van der Waals surface area contributed by atoms with Crippen LogP contribution in [0.4, 0.5) is 0 Å². The average Bonchev–Trinajstić information content (AvgIpc) is 2.63. The van der Waals surface area contributed by atoms with Gasteiger partial charge in [-0.15, -0.1) is 0 Å². The Labute approximate surface area is 92.5 Å². The van der Waals surface area contributed by atoms with Crippen LogP contribution in [0.25, 0.3) is 0 Å². The van der Waals surface area contributed by atoms with Crippen molar-refractivity contribution in [3.63, 3.8) is 0 Å². The Morgan fingerprint density at radius 1 is 1.06 bits per heavy atom. The van der Waals surface area contributed by atoms with E-state index in [4.69, 9.17) is 0 Å². The van der Waals surface area contributed by atoms with Gasteiger partial charge in [0, 0.05) is 11.8 Å². The molecule has 2 bridgehead atoms. The van der Waals surface area contributed by atoms with E-state index in [1.165, 1.54) is 13.8 Å². The molecule has 0 radical (unpaired) electrons. The minimum Gasteiger partial charge on any atom is -0.481 e. The van der Waals surface area contributed by atoms with Gasteiger partial charge in [0.1, 0.15) is 5.78 Å². The molecular formula is C11H14O5. The van der Waals surface area contributed by atoms with Gasteiger partial charge in [-0.3, -0.25) is 14.4 Å². The second-order valence-corrected chi connectivity index (χ2v) is 5.10. The highest BCUT2D eigenvalue weighted by Crippen LogP contribution is 2.64. The third-order valence-corrected chi connectivity index (χ3v) is 4.79. The molecule has 88 valence electrons. The van der Waals surface area contributed by atoms with Crippen molar-refractivity contribution in [3.8, 4) is 0 Å². The highest BCUT2D eigenvalue weighted by atomic mass is 16.4. The fraction of sp³-hybridized carbons (Fsp3) is 0.727. The summed E-state index contributed by atoms with van der Waals surface area (Å²) >= 11 is 0. The van der Waals surface area contributed by atoms with Gasteiger partial charge in [-0.25, -0.2) is 0 Å². The first kappa shape index (κ1) is 11.1. The molecule has 2 aliphatic carbocycles. The zero-order valence-corrected chi connectivity index (χ0v) is 9.19. The van der Waals surface area contributed by atoms with Crippen molar-refractivity contribution < 1.29 is 24.6 Å². The smallest absolute Gasteiger partial charge is 0.311 e. The number of ketones is 1. The number of hydrogen-bond donors (Lipinski definition) is 2. The molecule has 0 saturated heterocycles. The van der Waals surface area contributed by atoms with Crippen LogP contribution in [0.1, 0.15) is 26.7 Å². The summed E-state index contributed by atoms with van der Waals surface area (Å²) in [5.74, 6) is -3.84. The van der Waals surface area contributed by atoms with Crippen LogP contribution in [0, 0.1) is 22.7 Å².